The van der Waals surface area contributed by atoms with Crippen molar-refractivity contribution in [3.05, 3.63) is 30.1 Å². The highest BCUT2D eigenvalue weighted by Gasteiger charge is 2.17. The Bertz CT molecular complexity index is 993. The normalized spacial score (nSPS) is 12.2. The van der Waals surface area contributed by atoms with E-state index in [4.69, 9.17) is 10.7 Å². The zero-order valence-corrected chi connectivity index (χ0v) is 14.8. The molecule has 0 unspecified atom stereocenters. The Balaban J connectivity index is 2.17. The third-order valence-electron chi connectivity index (χ3n) is 4.06. The minimum absolute atomic E-state index is 0.163. The van der Waals surface area contributed by atoms with Crippen molar-refractivity contribution in [1.29, 1.82) is 0 Å². The highest BCUT2D eigenvalue weighted by Crippen LogP contribution is 2.29. The molecular weight excluding hydrogens is 324 g/mol. The van der Waals surface area contributed by atoms with Crippen LogP contribution in [0.1, 0.15) is 25.6 Å². The quantitative estimate of drug-likeness (QED) is 0.740. The lowest BCUT2D eigenvalue weighted by Crippen LogP contribution is -2.10. The van der Waals surface area contributed by atoms with Crippen LogP contribution in [0.5, 0.6) is 0 Å². The molecule has 0 saturated heterocycles. The molecule has 0 aliphatic carbocycles. The molecule has 0 spiro atoms. The Morgan fingerprint density at radius 3 is 2.67 bits per heavy atom. The minimum atomic E-state index is -2.98. The van der Waals surface area contributed by atoms with E-state index in [1.807, 2.05) is 24.3 Å². The molecule has 3 aromatic rings. The number of fused-ring (bicyclic) bond motifs is 3. The molecule has 0 fully saturated rings. The number of hydrogen-bond acceptors (Lipinski definition) is 5. The van der Waals surface area contributed by atoms with E-state index >= 15 is 0 Å². The van der Waals surface area contributed by atoms with E-state index < -0.39 is 9.84 Å². The van der Waals surface area contributed by atoms with Crippen LogP contribution in [0.15, 0.2) is 24.3 Å². The first-order valence-corrected chi connectivity index (χ1v) is 10.2. The Morgan fingerprint density at radius 1 is 1.21 bits per heavy atom. The summed E-state index contributed by atoms with van der Waals surface area (Å²) < 4.78 is 25.0. The minimum Gasteiger partial charge on any atom is -0.382 e. The first-order chi connectivity index (χ1) is 11.4. The molecule has 24 heavy (non-hydrogen) atoms. The molecule has 1 aromatic carbocycles. The average molecular weight is 346 g/mol. The van der Waals surface area contributed by atoms with E-state index in [-0.39, 0.29) is 5.75 Å². The number of hydrogen-bond donors (Lipinski definition) is 1. The molecule has 2 aromatic heterocycles. The van der Waals surface area contributed by atoms with Gasteiger partial charge in [-0.1, -0.05) is 25.1 Å². The monoisotopic (exact) mass is 346 g/mol. The number of aromatic nitrogens is 3. The number of para-hydroxylation sites is 1. The van der Waals surface area contributed by atoms with Gasteiger partial charge in [0.25, 0.3) is 0 Å². The summed E-state index contributed by atoms with van der Waals surface area (Å²) in [4.78, 5) is 9.14. The van der Waals surface area contributed by atoms with Gasteiger partial charge < -0.3 is 10.3 Å². The number of pyridine rings is 1. The van der Waals surface area contributed by atoms with E-state index in [1.165, 1.54) is 6.26 Å². The van der Waals surface area contributed by atoms with Gasteiger partial charge in [-0.05, 0) is 18.9 Å². The largest absolute Gasteiger partial charge is 0.382 e. The van der Waals surface area contributed by atoms with Crippen molar-refractivity contribution in [3.63, 3.8) is 0 Å². The van der Waals surface area contributed by atoms with Crippen LogP contribution in [0.2, 0.25) is 0 Å². The van der Waals surface area contributed by atoms with Crippen molar-refractivity contribution in [1.82, 2.24) is 14.5 Å². The van der Waals surface area contributed by atoms with Gasteiger partial charge in [-0.15, -0.1) is 0 Å². The third kappa shape index (κ3) is 3.21. The number of benzene rings is 1. The van der Waals surface area contributed by atoms with Gasteiger partial charge >= 0.3 is 0 Å². The van der Waals surface area contributed by atoms with Crippen molar-refractivity contribution >= 4 is 37.6 Å². The fraction of sp³-hybridized carbons (Fsp3) is 0.412. The molecule has 2 N–H and O–H groups in total. The summed E-state index contributed by atoms with van der Waals surface area (Å²) in [6, 6.07) is 7.83. The third-order valence-corrected chi connectivity index (χ3v) is 5.09. The lowest BCUT2D eigenvalue weighted by Gasteiger charge is -2.10. The predicted molar refractivity (Wildman–Crippen MR) is 97.8 cm³/mol. The van der Waals surface area contributed by atoms with Gasteiger partial charge in [-0.2, -0.15) is 0 Å². The molecular formula is C17H22N4O2S. The lowest BCUT2D eigenvalue weighted by atomic mass is 10.2. The first-order valence-electron chi connectivity index (χ1n) is 8.11. The first kappa shape index (κ1) is 16.7. The van der Waals surface area contributed by atoms with Gasteiger partial charge in [-0.3, -0.25) is 0 Å². The molecule has 6 nitrogen and oxygen atoms in total. The summed E-state index contributed by atoms with van der Waals surface area (Å²) in [5, 5.41) is 0.996. The summed E-state index contributed by atoms with van der Waals surface area (Å²) >= 11 is 0. The van der Waals surface area contributed by atoms with Crippen molar-refractivity contribution in [2.24, 2.45) is 0 Å². The van der Waals surface area contributed by atoms with E-state index in [9.17, 15) is 8.42 Å². The summed E-state index contributed by atoms with van der Waals surface area (Å²) in [5.74, 6) is 1.52. The summed E-state index contributed by atoms with van der Waals surface area (Å²) in [6.45, 7) is 2.70. The predicted octanol–water partition coefficient (Wildman–Crippen LogP) is 2.55. The molecule has 0 amide bonds. The van der Waals surface area contributed by atoms with Crippen LogP contribution in [-0.4, -0.2) is 35.0 Å². The van der Waals surface area contributed by atoms with Crippen LogP contribution in [0.3, 0.4) is 0 Å². The maximum absolute atomic E-state index is 11.4. The summed E-state index contributed by atoms with van der Waals surface area (Å²) in [7, 11) is -2.98. The fourth-order valence-corrected chi connectivity index (χ4v) is 3.70. The Morgan fingerprint density at radius 2 is 1.96 bits per heavy atom. The SMILES string of the molecule is CCCc1nc2c(N)nc3ccccc3c2n1CCCS(C)(=O)=O. The molecule has 128 valence electrons. The smallest absolute Gasteiger partial charge is 0.152 e. The number of rotatable bonds is 6. The van der Waals surface area contributed by atoms with Crippen LogP contribution in [0, 0.1) is 0 Å². The van der Waals surface area contributed by atoms with Gasteiger partial charge in [0.05, 0.1) is 16.8 Å². The number of sulfone groups is 1. The van der Waals surface area contributed by atoms with E-state index in [0.29, 0.717) is 24.3 Å². The number of anilines is 1. The molecule has 0 saturated carbocycles. The van der Waals surface area contributed by atoms with Gasteiger partial charge in [0.2, 0.25) is 0 Å². The van der Waals surface area contributed by atoms with Crippen LogP contribution >= 0.6 is 0 Å². The van der Waals surface area contributed by atoms with Crippen LogP contribution in [0.4, 0.5) is 5.82 Å². The topological polar surface area (TPSA) is 90.9 Å². The zero-order valence-electron chi connectivity index (χ0n) is 14.0. The lowest BCUT2D eigenvalue weighted by molar-refractivity contribution is 0.589. The molecule has 0 atom stereocenters. The maximum atomic E-state index is 11.4. The van der Waals surface area contributed by atoms with Gasteiger partial charge in [0, 0.05) is 24.6 Å². The van der Waals surface area contributed by atoms with Crippen molar-refractivity contribution in [2.75, 3.05) is 17.7 Å². The summed E-state index contributed by atoms with van der Waals surface area (Å²) in [5.41, 5.74) is 8.60. The molecule has 2 heterocycles. The molecule has 7 heteroatoms. The maximum Gasteiger partial charge on any atom is 0.152 e. The molecule has 0 aliphatic rings. The average Bonchev–Trinajstić information content (AvgIpc) is 2.86. The number of aryl methyl sites for hydroxylation is 2. The Kier molecular flexibility index (Phi) is 4.45. The number of nitrogens with two attached hydrogens (primary N) is 1. The molecule has 0 radical (unpaired) electrons. The van der Waals surface area contributed by atoms with E-state index in [1.54, 1.807) is 0 Å². The number of imidazole rings is 1. The second-order valence-electron chi connectivity index (χ2n) is 6.12. The van der Waals surface area contributed by atoms with Crippen LogP contribution in [0.25, 0.3) is 21.9 Å². The second kappa shape index (κ2) is 6.39. The van der Waals surface area contributed by atoms with Gasteiger partial charge in [0.15, 0.2) is 5.82 Å². The number of nitrogen functional groups attached to an aromatic ring is 1. The molecule has 0 aliphatic heterocycles. The van der Waals surface area contributed by atoms with Crippen molar-refractivity contribution in [2.45, 2.75) is 32.7 Å². The highest BCUT2D eigenvalue weighted by atomic mass is 32.2. The molecule has 0 bridgehead atoms. The zero-order chi connectivity index (χ0) is 17.3. The van der Waals surface area contributed by atoms with Crippen molar-refractivity contribution in [3.8, 4) is 0 Å². The van der Waals surface area contributed by atoms with E-state index in [0.717, 1.165) is 35.1 Å². The van der Waals surface area contributed by atoms with Crippen LogP contribution < -0.4 is 5.73 Å². The van der Waals surface area contributed by atoms with E-state index in [2.05, 4.69) is 16.5 Å². The standard InChI is InChI=1S/C17H22N4O2S/c1-3-7-14-20-15-16(21(14)10-6-11-24(2,22)23)12-8-4-5-9-13(12)19-17(15)18/h4-5,8-9H,3,6-7,10-11H2,1-2H3,(H2,18,19). The van der Waals surface area contributed by atoms with Gasteiger partial charge in [0.1, 0.15) is 21.2 Å². The van der Waals surface area contributed by atoms with Crippen molar-refractivity contribution < 1.29 is 8.42 Å². The highest BCUT2D eigenvalue weighted by molar-refractivity contribution is 7.90. The number of nitrogens with zero attached hydrogens (tertiary/aromatic N) is 3. The van der Waals surface area contributed by atoms with Crippen LogP contribution in [-0.2, 0) is 22.8 Å². The summed E-state index contributed by atoms with van der Waals surface area (Å²) in [6.07, 6.45) is 3.60. The Hall–Kier alpha value is -2.15. The second-order valence-corrected chi connectivity index (χ2v) is 8.38. The Labute approximate surface area is 141 Å². The fourth-order valence-electron chi connectivity index (χ4n) is 3.05. The molecule has 3 rings (SSSR count). The van der Waals surface area contributed by atoms with Gasteiger partial charge in [-0.25, -0.2) is 18.4 Å².